The van der Waals surface area contributed by atoms with Crippen molar-refractivity contribution in [2.75, 3.05) is 6.54 Å². The average Bonchev–Trinajstić information content (AvgIpc) is 2.23. The van der Waals surface area contributed by atoms with Crippen LogP contribution in [0.4, 0.5) is 0 Å². The molecule has 0 aromatic rings. The number of unbranched alkanes of at least 4 members (excludes halogenated alkanes) is 1. The molecule has 3 heteroatoms. The van der Waals surface area contributed by atoms with Gasteiger partial charge in [0.15, 0.2) is 0 Å². The number of nitrogens with two attached hydrogens (primary N) is 1. The highest BCUT2D eigenvalue weighted by Crippen LogP contribution is 2.21. The van der Waals surface area contributed by atoms with Gasteiger partial charge in [-0.25, -0.2) is 0 Å². The lowest BCUT2D eigenvalue weighted by molar-refractivity contribution is -0.141. The lowest BCUT2D eigenvalue weighted by atomic mass is 9.90. The molecule has 0 aliphatic heterocycles. The Morgan fingerprint density at radius 2 is 1.93 bits per heavy atom. The van der Waals surface area contributed by atoms with Crippen LogP contribution in [0, 0.1) is 11.8 Å². The predicted molar refractivity (Wildman–Crippen MR) is 62.7 cm³/mol. The van der Waals surface area contributed by atoms with Gasteiger partial charge in [-0.3, -0.25) is 4.79 Å². The molecule has 0 heterocycles. The van der Waals surface area contributed by atoms with Crippen LogP contribution in [0.2, 0.25) is 0 Å². The summed E-state index contributed by atoms with van der Waals surface area (Å²) in [6, 6.07) is 0. The molecule has 90 valence electrons. The van der Waals surface area contributed by atoms with Gasteiger partial charge in [0.05, 0.1) is 5.92 Å². The van der Waals surface area contributed by atoms with E-state index in [0.717, 1.165) is 19.3 Å². The van der Waals surface area contributed by atoms with Gasteiger partial charge in [0.25, 0.3) is 0 Å². The Balaban J connectivity index is 3.81. The van der Waals surface area contributed by atoms with Crippen LogP contribution in [0.5, 0.6) is 0 Å². The maximum atomic E-state index is 10.8. The van der Waals surface area contributed by atoms with Crippen molar-refractivity contribution in [1.82, 2.24) is 0 Å². The summed E-state index contributed by atoms with van der Waals surface area (Å²) in [6.45, 7) is 4.63. The standard InChI is InChI=1S/C12H25NO2/c1-3-5-6-10(4-2)7-8-11(9-13)12(14)15/h10-11H,3-9,13H2,1-2H3,(H,14,15). The van der Waals surface area contributed by atoms with Gasteiger partial charge in [-0.1, -0.05) is 39.5 Å². The molecule has 0 bridgehead atoms. The maximum absolute atomic E-state index is 10.8. The first-order chi connectivity index (χ1) is 7.15. The zero-order valence-electron chi connectivity index (χ0n) is 10.0. The molecule has 0 aromatic heterocycles. The lowest BCUT2D eigenvalue weighted by Crippen LogP contribution is -2.23. The van der Waals surface area contributed by atoms with E-state index in [-0.39, 0.29) is 12.5 Å². The molecule has 2 atom stereocenters. The van der Waals surface area contributed by atoms with Crippen molar-refractivity contribution >= 4 is 5.97 Å². The van der Waals surface area contributed by atoms with E-state index in [1.165, 1.54) is 19.3 Å². The molecular weight excluding hydrogens is 190 g/mol. The topological polar surface area (TPSA) is 63.3 Å². The van der Waals surface area contributed by atoms with Gasteiger partial charge in [-0.15, -0.1) is 0 Å². The normalized spacial score (nSPS) is 14.9. The van der Waals surface area contributed by atoms with Crippen LogP contribution in [0.15, 0.2) is 0 Å². The van der Waals surface area contributed by atoms with Gasteiger partial charge in [-0.2, -0.15) is 0 Å². The molecule has 0 spiro atoms. The number of aliphatic carboxylic acids is 1. The van der Waals surface area contributed by atoms with Crippen molar-refractivity contribution < 1.29 is 9.90 Å². The van der Waals surface area contributed by atoms with E-state index in [2.05, 4.69) is 13.8 Å². The smallest absolute Gasteiger partial charge is 0.307 e. The summed E-state index contributed by atoms with van der Waals surface area (Å²) in [5.41, 5.74) is 5.42. The molecule has 2 unspecified atom stereocenters. The number of carbonyl (C=O) groups is 1. The fourth-order valence-corrected chi connectivity index (χ4v) is 1.82. The van der Waals surface area contributed by atoms with E-state index in [9.17, 15) is 4.79 Å². The van der Waals surface area contributed by atoms with E-state index >= 15 is 0 Å². The third-order valence-corrected chi connectivity index (χ3v) is 3.10. The van der Waals surface area contributed by atoms with Crippen LogP contribution in [-0.2, 0) is 4.79 Å². The monoisotopic (exact) mass is 215 g/mol. The molecule has 0 rings (SSSR count). The summed E-state index contributed by atoms with van der Waals surface area (Å²) < 4.78 is 0. The molecular formula is C12H25NO2. The second-order valence-corrected chi connectivity index (χ2v) is 4.26. The molecule has 0 saturated carbocycles. The molecule has 3 nitrogen and oxygen atoms in total. The summed E-state index contributed by atoms with van der Waals surface area (Å²) >= 11 is 0. The third-order valence-electron chi connectivity index (χ3n) is 3.10. The van der Waals surface area contributed by atoms with Gasteiger partial charge in [-0.05, 0) is 18.8 Å². The highest BCUT2D eigenvalue weighted by molar-refractivity contribution is 5.70. The molecule has 3 N–H and O–H groups in total. The Morgan fingerprint density at radius 3 is 2.33 bits per heavy atom. The number of carboxylic acid groups (broad SMARTS) is 1. The summed E-state index contributed by atoms with van der Waals surface area (Å²) in [5.74, 6) is -0.415. The largest absolute Gasteiger partial charge is 0.481 e. The first-order valence-corrected chi connectivity index (χ1v) is 6.08. The summed E-state index contributed by atoms with van der Waals surface area (Å²) in [7, 11) is 0. The molecule has 0 saturated heterocycles. The SMILES string of the molecule is CCCCC(CC)CCC(CN)C(=O)O. The minimum absolute atomic E-state index is 0.263. The van der Waals surface area contributed by atoms with Crippen molar-refractivity contribution in [3.63, 3.8) is 0 Å². The van der Waals surface area contributed by atoms with Gasteiger partial charge < -0.3 is 10.8 Å². The number of carboxylic acids is 1. The van der Waals surface area contributed by atoms with Crippen molar-refractivity contribution in [1.29, 1.82) is 0 Å². The van der Waals surface area contributed by atoms with E-state index in [1.54, 1.807) is 0 Å². The number of hydrogen-bond donors (Lipinski definition) is 2. The molecule has 0 radical (unpaired) electrons. The lowest BCUT2D eigenvalue weighted by Gasteiger charge is -2.16. The van der Waals surface area contributed by atoms with Gasteiger partial charge >= 0.3 is 5.97 Å². The highest BCUT2D eigenvalue weighted by atomic mass is 16.4. The van der Waals surface area contributed by atoms with E-state index in [4.69, 9.17) is 10.8 Å². The molecule has 0 aromatic carbocycles. The van der Waals surface area contributed by atoms with Crippen molar-refractivity contribution in [2.24, 2.45) is 17.6 Å². The van der Waals surface area contributed by atoms with Gasteiger partial charge in [0, 0.05) is 6.54 Å². The van der Waals surface area contributed by atoms with Crippen molar-refractivity contribution in [3.8, 4) is 0 Å². The maximum Gasteiger partial charge on any atom is 0.307 e. The molecule has 15 heavy (non-hydrogen) atoms. The van der Waals surface area contributed by atoms with Crippen LogP contribution in [0.25, 0.3) is 0 Å². The van der Waals surface area contributed by atoms with Crippen LogP contribution < -0.4 is 5.73 Å². The summed E-state index contributed by atoms with van der Waals surface area (Å²) in [4.78, 5) is 10.8. The summed E-state index contributed by atoms with van der Waals surface area (Å²) in [5, 5.41) is 8.85. The Kier molecular flexibility index (Phi) is 8.38. The molecule has 0 aliphatic rings. The first kappa shape index (κ1) is 14.4. The average molecular weight is 215 g/mol. The Labute approximate surface area is 93.0 Å². The van der Waals surface area contributed by atoms with Crippen molar-refractivity contribution in [2.45, 2.75) is 52.4 Å². The van der Waals surface area contributed by atoms with Crippen molar-refractivity contribution in [3.05, 3.63) is 0 Å². The first-order valence-electron chi connectivity index (χ1n) is 6.08. The fourth-order valence-electron chi connectivity index (χ4n) is 1.82. The third kappa shape index (κ3) is 6.50. The summed E-state index contributed by atoms with van der Waals surface area (Å²) in [6.07, 6.45) is 6.58. The Morgan fingerprint density at radius 1 is 1.27 bits per heavy atom. The zero-order chi connectivity index (χ0) is 11.7. The predicted octanol–water partition coefficient (Wildman–Crippen LogP) is 2.64. The molecule has 0 fully saturated rings. The Bertz CT molecular complexity index is 171. The Hall–Kier alpha value is -0.570. The second kappa shape index (κ2) is 8.72. The zero-order valence-corrected chi connectivity index (χ0v) is 10.0. The van der Waals surface area contributed by atoms with Gasteiger partial charge in [0.1, 0.15) is 0 Å². The second-order valence-electron chi connectivity index (χ2n) is 4.26. The molecule has 0 aliphatic carbocycles. The quantitative estimate of drug-likeness (QED) is 0.621. The van der Waals surface area contributed by atoms with Crippen LogP contribution in [0.1, 0.15) is 52.4 Å². The van der Waals surface area contributed by atoms with E-state index in [1.807, 2.05) is 0 Å². The van der Waals surface area contributed by atoms with Gasteiger partial charge in [0.2, 0.25) is 0 Å². The van der Waals surface area contributed by atoms with Crippen LogP contribution in [-0.4, -0.2) is 17.6 Å². The minimum Gasteiger partial charge on any atom is -0.481 e. The van der Waals surface area contributed by atoms with E-state index < -0.39 is 5.97 Å². The molecule has 0 amide bonds. The fraction of sp³-hybridized carbons (Fsp3) is 0.917. The van der Waals surface area contributed by atoms with E-state index in [0.29, 0.717) is 5.92 Å². The highest BCUT2D eigenvalue weighted by Gasteiger charge is 2.17. The van der Waals surface area contributed by atoms with Crippen LogP contribution >= 0.6 is 0 Å². The van der Waals surface area contributed by atoms with Crippen LogP contribution in [0.3, 0.4) is 0 Å². The number of rotatable bonds is 9. The minimum atomic E-state index is -0.747. The number of hydrogen-bond acceptors (Lipinski definition) is 2.